The van der Waals surface area contributed by atoms with Gasteiger partial charge in [0.25, 0.3) is 0 Å². The number of rotatable bonds is 9. The molecule has 0 spiro atoms. The van der Waals surface area contributed by atoms with Crippen LogP contribution in [0.5, 0.6) is 5.75 Å². The second-order valence-electron chi connectivity index (χ2n) is 13.3. The quantitative estimate of drug-likeness (QED) is 0.269. The van der Waals surface area contributed by atoms with Crippen LogP contribution in [-0.2, 0) is 16.6 Å². The molecule has 1 N–H and O–H groups in total. The Morgan fingerprint density at radius 3 is 2.57 bits per heavy atom. The predicted octanol–water partition coefficient (Wildman–Crippen LogP) is 6.34. The highest BCUT2D eigenvalue weighted by Crippen LogP contribution is 2.35. The van der Waals surface area contributed by atoms with E-state index in [0.29, 0.717) is 18.9 Å². The third kappa shape index (κ3) is 6.99. The molecule has 0 bridgehead atoms. The highest BCUT2D eigenvalue weighted by Gasteiger charge is 2.32. The molecule has 2 saturated heterocycles. The number of imide groups is 1. The zero-order valence-corrected chi connectivity index (χ0v) is 27.9. The number of piperidine rings is 1. The first-order chi connectivity index (χ1) is 21.2. The van der Waals surface area contributed by atoms with Crippen molar-refractivity contribution in [1.29, 1.82) is 0 Å². The largest absolute Gasteiger partial charge is 0.490 e. The number of carbonyl (C=O) groups is 2. The Kier molecular flexibility index (Phi) is 9.62. The van der Waals surface area contributed by atoms with E-state index in [1.807, 2.05) is 11.7 Å². The number of hydrogen-bond acceptors (Lipinski definition) is 6. The molecule has 1 aromatic heterocycles. The van der Waals surface area contributed by atoms with Crippen molar-refractivity contribution in [2.75, 3.05) is 37.6 Å². The minimum absolute atomic E-state index is 0.195. The molecule has 2 atom stereocenters. The van der Waals surface area contributed by atoms with Gasteiger partial charge in [0, 0.05) is 60.8 Å². The molecule has 2 aliphatic heterocycles. The minimum atomic E-state index is -0.371. The summed E-state index contributed by atoms with van der Waals surface area (Å²) in [5.74, 6) is 1.78. The number of benzene rings is 2. The normalized spacial score (nSPS) is 24.0. The molecule has 1 aliphatic carbocycles. The molecular formula is C35H46BrN5O3. The Morgan fingerprint density at radius 2 is 1.82 bits per heavy atom. The lowest BCUT2D eigenvalue weighted by Gasteiger charge is -2.37. The first kappa shape index (κ1) is 31.1. The molecule has 0 radical (unpaired) electrons. The third-order valence-corrected chi connectivity index (χ3v) is 11.0. The van der Waals surface area contributed by atoms with Gasteiger partial charge in [0.2, 0.25) is 11.8 Å². The van der Waals surface area contributed by atoms with Gasteiger partial charge in [0.05, 0.1) is 23.2 Å². The lowest BCUT2D eigenvalue weighted by atomic mass is 9.81. The second-order valence-corrected chi connectivity index (χ2v) is 14.2. The zero-order valence-electron chi connectivity index (χ0n) is 26.4. The number of carbonyl (C=O) groups excluding carboxylic acids is 2. The van der Waals surface area contributed by atoms with E-state index in [1.165, 1.54) is 43.5 Å². The number of hydrogen-bond donors (Lipinski definition) is 1. The number of nitrogens with one attached hydrogen (secondary N) is 1. The lowest BCUT2D eigenvalue weighted by molar-refractivity contribution is -0.134. The summed E-state index contributed by atoms with van der Waals surface area (Å²) in [7, 11) is 1.94. The third-order valence-electron chi connectivity index (χ3n) is 10.1. The highest BCUT2D eigenvalue weighted by atomic mass is 79.9. The number of ether oxygens (including phenoxy) is 1. The number of nitrogens with zero attached hydrogens (tertiary/aromatic N) is 4. The van der Waals surface area contributed by atoms with Crippen LogP contribution in [0.3, 0.4) is 0 Å². The fraction of sp³-hybridized carbons (Fsp3) is 0.571. The summed E-state index contributed by atoms with van der Waals surface area (Å²) in [6, 6.07) is 12.7. The number of anilines is 1. The van der Waals surface area contributed by atoms with Gasteiger partial charge in [-0.3, -0.25) is 24.5 Å². The average Bonchev–Trinajstić information content (AvgIpc) is 3.35. The van der Waals surface area contributed by atoms with Crippen LogP contribution in [0.1, 0.15) is 75.5 Å². The van der Waals surface area contributed by atoms with Gasteiger partial charge in [-0.15, -0.1) is 0 Å². The fourth-order valence-electron chi connectivity index (χ4n) is 7.38. The fourth-order valence-corrected chi connectivity index (χ4v) is 7.73. The van der Waals surface area contributed by atoms with Crippen LogP contribution in [0.15, 0.2) is 40.9 Å². The number of piperazine rings is 1. The van der Waals surface area contributed by atoms with Gasteiger partial charge in [-0.05, 0) is 101 Å². The van der Waals surface area contributed by atoms with Crippen LogP contribution < -0.4 is 15.0 Å². The van der Waals surface area contributed by atoms with Crippen LogP contribution in [0.25, 0.3) is 10.9 Å². The van der Waals surface area contributed by atoms with Gasteiger partial charge in [0.1, 0.15) is 5.75 Å². The minimum Gasteiger partial charge on any atom is -0.490 e. The number of aryl methyl sites for hydroxylation is 1. The lowest BCUT2D eigenvalue weighted by Crippen LogP contribution is -2.46. The van der Waals surface area contributed by atoms with Gasteiger partial charge in [-0.2, -0.15) is 5.10 Å². The van der Waals surface area contributed by atoms with E-state index in [9.17, 15) is 9.59 Å². The summed E-state index contributed by atoms with van der Waals surface area (Å²) < 4.78 is 9.37. The van der Waals surface area contributed by atoms with Crippen molar-refractivity contribution in [2.24, 2.45) is 18.9 Å². The number of aromatic nitrogens is 2. The Balaban J connectivity index is 0.939. The van der Waals surface area contributed by atoms with Crippen molar-refractivity contribution < 1.29 is 14.3 Å². The van der Waals surface area contributed by atoms with Crippen LogP contribution in [0.4, 0.5) is 5.69 Å². The average molecular weight is 665 g/mol. The van der Waals surface area contributed by atoms with Crippen LogP contribution in [0, 0.1) is 18.8 Å². The van der Waals surface area contributed by atoms with Gasteiger partial charge in [0.15, 0.2) is 0 Å². The summed E-state index contributed by atoms with van der Waals surface area (Å²) in [5, 5.41) is 8.18. The van der Waals surface area contributed by atoms with Crippen molar-refractivity contribution >= 4 is 44.3 Å². The van der Waals surface area contributed by atoms with Gasteiger partial charge >= 0.3 is 0 Å². The Morgan fingerprint density at radius 1 is 1.05 bits per heavy atom. The molecule has 44 heavy (non-hydrogen) atoms. The van der Waals surface area contributed by atoms with Crippen LogP contribution >= 0.6 is 15.9 Å². The van der Waals surface area contributed by atoms with E-state index in [2.05, 4.69) is 81.3 Å². The van der Waals surface area contributed by atoms with E-state index in [-0.39, 0.29) is 17.7 Å². The molecule has 9 heteroatoms. The van der Waals surface area contributed by atoms with Crippen molar-refractivity contribution in [3.8, 4) is 5.75 Å². The Hall–Kier alpha value is -2.91. The van der Waals surface area contributed by atoms with E-state index in [4.69, 9.17) is 9.84 Å². The molecule has 6 rings (SSSR count). The van der Waals surface area contributed by atoms with Crippen LogP contribution in [0.2, 0.25) is 0 Å². The van der Waals surface area contributed by atoms with Crippen molar-refractivity contribution in [3.05, 3.63) is 52.1 Å². The first-order valence-corrected chi connectivity index (χ1v) is 17.2. The molecule has 2 aromatic carbocycles. The van der Waals surface area contributed by atoms with Crippen LogP contribution in [-0.4, -0.2) is 65.3 Å². The van der Waals surface area contributed by atoms with Crippen molar-refractivity contribution in [1.82, 2.24) is 20.0 Å². The molecule has 1 saturated carbocycles. The molecule has 236 valence electrons. The monoisotopic (exact) mass is 663 g/mol. The summed E-state index contributed by atoms with van der Waals surface area (Å²) in [6.45, 7) is 9.92. The Labute approximate surface area is 269 Å². The number of halogens is 1. The standard InChI is InChI=1S/C35H46BrN5O3/c1-23(21-25-7-10-27(11-8-25)44-32-6-4-5-30(36)24(32)2)15-16-40-17-19-41(20-18-40)26-9-12-28-31(22-26)39(3)38-34(28)29-13-14-33(42)37-35(29)43/h4-6,9,12,22-23,25,27,29H,7-8,10-11,13-21H2,1-3H3,(H,37,42,43)/t23-,25-,27-,29?/m0/s1. The summed E-state index contributed by atoms with van der Waals surface area (Å²) >= 11 is 3.62. The van der Waals surface area contributed by atoms with Crippen molar-refractivity contribution in [2.45, 2.75) is 77.2 Å². The first-order valence-electron chi connectivity index (χ1n) is 16.4. The number of amides is 2. The predicted molar refractivity (Wildman–Crippen MR) is 178 cm³/mol. The van der Waals surface area contributed by atoms with E-state index in [0.717, 1.165) is 77.7 Å². The maximum absolute atomic E-state index is 12.5. The summed E-state index contributed by atoms with van der Waals surface area (Å²) in [6.07, 6.45) is 8.68. The van der Waals surface area contributed by atoms with Gasteiger partial charge in [-0.1, -0.05) is 28.9 Å². The van der Waals surface area contributed by atoms with Crippen molar-refractivity contribution in [3.63, 3.8) is 0 Å². The van der Waals surface area contributed by atoms with E-state index >= 15 is 0 Å². The molecule has 3 aliphatic rings. The van der Waals surface area contributed by atoms with Gasteiger partial charge in [-0.25, -0.2) is 0 Å². The summed E-state index contributed by atoms with van der Waals surface area (Å²) in [5.41, 5.74) is 4.20. The Bertz CT molecular complexity index is 1490. The second kappa shape index (κ2) is 13.6. The SMILES string of the molecule is Cc1c(Br)cccc1O[C@H]1CC[C@H](C[C@@H](C)CCN2CCN(c3ccc4c(C5CCC(=O)NC5=O)nn(C)c4c3)CC2)CC1. The summed E-state index contributed by atoms with van der Waals surface area (Å²) in [4.78, 5) is 29.2. The molecule has 3 aromatic rings. The molecule has 3 fully saturated rings. The van der Waals surface area contributed by atoms with Gasteiger partial charge < -0.3 is 9.64 Å². The molecule has 8 nitrogen and oxygen atoms in total. The molecule has 2 amide bonds. The zero-order chi connectivity index (χ0) is 30.8. The molecule has 3 heterocycles. The number of fused-ring (bicyclic) bond motifs is 1. The van der Waals surface area contributed by atoms with E-state index < -0.39 is 0 Å². The molecule has 1 unspecified atom stereocenters. The van der Waals surface area contributed by atoms with E-state index in [1.54, 1.807) is 0 Å². The maximum atomic E-state index is 12.5. The topological polar surface area (TPSA) is 79.7 Å². The highest BCUT2D eigenvalue weighted by molar-refractivity contribution is 9.10. The maximum Gasteiger partial charge on any atom is 0.235 e. The molecular weight excluding hydrogens is 618 g/mol. The smallest absolute Gasteiger partial charge is 0.235 e.